The first-order valence-electron chi connectivity index (χ1n) is 15.6. The minimum absolute atomic E-state index is 0.0345. The lowest BCUT2D eigenvalue weighted by molar-refractivity contribution is -0.138. The Morgan fingerprint density at radius 2 is 1.70 bits per heavy atom. The Balaban J connectivity index is 1.13. The number of nitrogens with zero attached hydrogens (tertiary/aromatic N) is 3. The van der Waals surface area contributed by atoms with Gasteiger partial charge in [0.15, 0.2) is 8.32 Å². The molecule has 0 unspecified atom stereocenters. The fourth-order valence-electron chi connectivity index (χ4n) is 7.33. The van der Waals surface area contributed by atoms with Gasteiger partial charge in [-0.1, -0.05) is 61.5 Å². The van der Waals surface area contributed by atoms with Gasteiger partial charge in [0.25, 0.3) is 5.56 Å². The minimum Gasteiger partial charge on any atom is -0.432 e. The van der Waals surface area contributed by atoms with Gasteiger partial charge in [-0.05, 0) is 73.2 Å². The highest BCUT2D eigenvalue weighted by atomic mass is 28.4. The predicted molar refractivity (Wildman–Crippen MR) is 173 cm³/mol. The average molecular weight is 612 g/mol. The second-order valence-electron chi connectivity index (χ2n) is 12.9. The van der Waals surface area contributed by atoms with Gasteiger partial charge < -0.3 is 19.5 Å². The van der Waals surface area contributed by atoms with E-state index >= 15 is 0 Å². The normalized spacial score (nSPS) is 23.6. The molecule has 6 rings (SSSR count). The van der Waals surface area contributed by atoms with Crippen molar-refractivity contribution >= 4 is 25.0 Å². The first kappa shape index (κ1) is 30.4. The number of hydrogen-bond donors (Lipinski definition) is 2. The van der Waals surface area contributed by atoms with Gasteiger partial charge in [-0.25, -0.2) is 0 Å². The van der Waals surface area contributed by atoms with E-state index in [1.165, 1.54) is 10.2 Å². The molecule has 1 aromatic heterocycles. The molecule has 0 aliphatic carbocycles. The summed E-state index contributed by atoms with van der Waals surface area (Å²) >= 11 is 0. The summed E-state index contributed by atoms with van der Waals surface area (Å²) in [6, 6.07) is 23.1. The van der Waals surface area contributed by atoms with E-state index in [1.807, 2.05) is 79.8 Å². The SMILES string of the molecule is C[C@@H]1[C@@H]([Si](C)(C)O)[C@H](CC(=O)N2Cc3ccccc3C[C@H]2CO)O[C@@H]1CCc1ccc(-n2ncc3ccccc3c2=O)cc1. The predicted octanol–water partition coefficient (Wildman–Crippen LogP) is 4.63. The van der Waals surface area contributed by atoms with Crippen molar-refractivity contribution in [3.63, 3.8) is 0 Å². The number of fused-ring (bicyclic) bond motifs is 2. The van der Waals surface area contributed by atoms with E-state index in [4.69, 9.17) is 4.74 Å². The number of rotatable bonds is 8. The third-order valence-electron chi connectivity index (χ3n) is 9.58. The van der Waals surface area contributed by atoms with E-state index in [0.717, 1.165) is 29.4 Å². The second kappa shape index (κ2) is 12.4. The van der Waals surface area contributed by atoms with Gasteiger partial charge in [-0.2, -0.15) is 9.78 Å². The summed E-state index contributed by atoms with van der Waals surface area (Å²) < 4.78 is 8.02. The quantitative estimate of drug-likeness (QED) is 0.282. The molecule has 9 heteroatoms. The summed E-state index contributed by atoms with van der Waals surface area (Å²) in [5.41, 5.74) is 3.90. The van der Waals surface area contributed by atoms with Crippen LogP contribution < -0.4 is 5.56 Å². The Labute approximate surface area is 259 Å². The van der Waals surface area contributed by atoms with Crippen LogP contribution in [-0.2, 0) is 28.9 Å². The lowest BCUT2D eigenvalue weighted by atomic mass is 9.93. The smallest absolute Gasteiger partial charge is 0.279 e. The number of aliphatic hydroxyl groups is 1. The number of aromatic nitrogens is 2. The van der Waals surface area contributed by atoms with Crippen LogP contribution in [0.5, 0.6) is 0 Å². The zero-order valence-corrected chi connectivity index (χ0v) is 26.6. The number of hydrogen-bond acceptors (Lipinski definition) is 6. The molecule has 0 radical (unpaired) electrons. The van der Waals surface area contributed by atoms with Crippen LogP contribution >= 0.6 is 0 Å². The standard InChI is InChI=1S/C35H41N3O5Si/c1-23-31(17-14-24-12-15-28(16-13-24)38-35(41)30-11-7-6-9-26(30)20-36-38)43-32(34(23)44(2,3)42)19-33(40)37-21-27-10-5-4-8-25(27)18-29(37)22-39/h4-13,15-16,20,23,29,31-32,34,39,42H,14,17-19,21-22H2,1-3H3/t23-,29-,31+,32-,34+/m0/s1. The van der Waals surface area contributed by atoms with Crippen molar-refractivity contribution in [1.82, 2.24) is 14.7 Å². The number of aryl methyl sites for hydroxylation is 1. The van der Waals surface area contributed by atoms with Crippen LogP contribution in [-0.4, -0.2) is 63.7 Å². The lowest BCUT2D eigenvalue weighted by Crippen LogP contribution is -2.48. The van der Waals surface area contributed by atoms with Crippen molar-refractivity contribution in [3.8, 4) is 5.69 Å². The molecule has 4 aromatic rings. The molecule has 8 nitrogen and oxygen atoms in total. The summed E-state index contributed by atoms with van der Waals surface area (Å²) in [7, 11) is -2.65. The molecular weight excluding hydrogens is 570 g/mol. The van der Waals surface area contributed by atoms with Crippen molar-refractivity contribution in [2.75, 3.05) is 6.61 Å². The van der Waals surface area contributed by atoms with Crippen molar-refractivity contribution in [2.24, 2.45) is 5.92 Å². The van der Waals surface area contributed by atoms with E-state index in [-0.39, 0.29) is 54.2 Å². The zero-order valence-electron chi connectivity index (χ0n) is 25.6. The highest BCUT2D eigenvalue weighted by Crippen LogP contribution is 2.46. The summed E-state index contributed by atoms with van der Waals surface area (Å²) in [6.07, 6.45) is 3.62. The Hall–Kier alpha value is -3.63. The molecule has 1 fully saturated rings. The van der Waals surface area contributed by atoms with Gasteiger partial charge in [0.1, 0.15) is 0 Å². The molecule has 44 heavy (non-hydrogen) atoms. The first-order valence-corrected chi connectivity index (χ1v) is 18.6. The molecule has 0 saturated carbocycles. The van der Waals surface area contributed by atoms with E-state index in [9.17, 15) is 19.5 Å². The molecular formula is C35H41N3O5Si. The summed E-state index contributed by atoms with van der Waals surface area (Å²) in [5.74, 6) is 0.0719. The molecule has 3 heterocycles. The van der Waals surface area contributed by atoms with Crippen LogP contribution in [0.1, 0.15) is 36.5 Å². The van der Waals surface area contributed by atoms with Crippen LogP contribution in [0.15, 0.2) is 83.8 Å². The third kappa shape index (κ3) is 6.02. The maximum Gasteiger partial charge on any atom is 0.279 e. The fraction of sp³-hybridized carbons (Fsp3) is 0.400. The lowest BCUT2D eigenvalue weighted by Gasteiger charge is -2.37. The van der Waals surface area contributed by atoms with E-state index in [2.05, 4.69) is 18.1 Å². The maximum absolute atomic E-state index is 13.7. The van der Waals surface area contributed by atoms with Crippen LogP contribution in [0.2, 0.25) is 18.6 Å². The van der Waals surface area contributed by atoms with Gasteiger partial charge in [0.05, 0.1) is 48.5 Å². The molecule has 230 valence electrons. The fourth-order valence-corrected chi connectivity index (χ4v) is 9.93. The highest BCUT2D eigenvalue weighted by molar-refractivity contribution is 6.71. The minimum atomic E-state index is -2.65. The molecule has 3 aromatic carbocycles. The summed E-state index contributed by atoms with van der Waals surface area (Å²) in [5, 5.41) is 15.9. The Kier molecular flexibility index (Phi) is 8.56. The van der Waals surface area contributed by atoms with Crippen LogP contribution in [0.25, 0.3) is 16.5 Å². The number of ether oxygens (including phenoxy) is 1. The first-order chi connectivity index (χ1) is 21.1. The number of carbonyl (C=O) groups is 1. The number of benzene rings is 3. The Bertz CT molecular complexity index is 1700. The average Bonchev–Trinajstić information content (AvgIpc) is 3.34. The van der Waals surface area contributed by atoms with Gasteiger partial charge in [0, 0.05) is 17.5 Å². The molecule has 1 amide bonds. The van der Waals surface area contributed by atoms with Crippen molar-refractivity contribution in [2.45, 2.75) is 76.0 Å². The Morgan fingerprint density at radius 3 is 2.43 bits per heavy atom. The van der Waals surface area contributed by atoms with Crippen molar-refractivity contribution in [1.29, 1.82) is 0 Å². The summed E-state index contributed by atoms with van der Waals surface area (Å²) in [6.45, 7) is 6.41. The van der Waals surface area contributed by atoms with Gasteiger partial charge in [0.2, 0.25) is 5.91 Å². The third-order valence-corrected chi connectivity index (χ3v) is 12.1. The molecule has 0 bridgehead atoms. The topological polar surface area (TPSA) is 105 Å². The second-order valence-corrected chi connectivity index (χ2v) is 16.9. The van der Waals surface area contributed by atoms with E-state index in [0.29, 0.717) is 24.0 Å². The largest absolute Gasteiger partial charge is 0.432 e. The molecule has 1 saturated heterocycles. The molecule has 0 spiro atoms. The van der Waals surface area contributed by atoms with Gasteiger partial charge in [-0.3, -0.25) is 9.59 Å². The van der Waals surface area contributed by atoms with E-state index < -0.39 is 8.32 Å². The monoisotopic (exact) mass is 611 g/mol. The molecule has 5 atom stereocenters. The van der Waals surface area contributed by atoms with Crippen molar-refractivity contribution in [3.05, 3.63) is 106 Å². The zero-order chi connectivity index (χ0) is 31.0. The molecule has 2 aliphatic rings. The van der Waals surface area contributed by atoms with Gasteiger partial charge >= 0.3 is 0 Å². The molecule has 2 aliphatic heterocycles. The van der Waals surface area contributed by atoms with Crippen molar-refractivity contribution < 1.29 is 19.4 Å². The number of aliphatic hydroxyl groups excluding tert-OH is 1. The Morgan fingerprint density at radius 1 is 1.00 bits per heavy atom. The van der Waals surface area contributed by atoms with Crippen LogP contribution in [0, 0.1) is 5.92 Å². The maximum atomic E-state index is 13.7. The van der Waals surface area contributed by atoms with Crippen LogP contribution in [0.4, 0.5) is 0 Å². The number of amides is 1. The molecule has 2 N–H and O–H groups in total. The highest BCUT2D eigenvalue weighted by Gasteiger charge is 2.50. The number of carbonyl (C=O) groups excluding carboxylic acids is 1. The van der Waals surface area contributed by atoms with Gasteiger partial charge in [-0.15, -0.1) is 0 Å². The van der Waals surface area contributed by atoms with Crippen LogP contribution in [0.3, 0.4) is 0 Å². The summed E-state index contributed by atoms with van der Waals surface area (Å²) in [4.78, 5) is 39.8. The van der Waals surface area contributed by atoms with E-state index in [1.54, 1.807) is 11.1 Å².